The molecule has 90 valence electrons. The van der Waals surface area contributed by atoms with Gasteiger partial charge in [0, 0.05) is 22.9 Å². The second kappa shape index (κ2) is 5.53. The van der Waals surface area contributed by atoms with E-state index in [2.05, 4.69) is 0 Å². The summed E-state index contributed by atoms with van der Waals surface area (Å²) in [5, 5.41) is 13.7. The number of thioether (sulfide) groups is 1. The first-order valence-corrected chi connectivity index (χ1v) is 7.14. The van der Waals surface area contributed by atoms with Crippen LogP contribution in [0.1, 0.15) is 6.42 Å². The molecule has 0 aliphatic carbocycles. The van der Waals surface area contributed by atoms with Crippen LogP contribution in [-0.4, -0.2) is 25.9 Å². The van der Waals surface area contributed by atoms with E-state index in [0.29, 0.717) is 22.8 Å². The lowest BCUT2D eigenvalue weighted by Crippen LogP contribution is -2.13. The molecule has 0 heterocycles. The summed E-state index contributed by atoms with van der Waals surface area (Å²) in [5.74, 6) is 0.628. The fraction of sp³-hybridized carbons (Fsp3) is 0.333. The first-order valence-electron chi connectivity index (χ1n) is 4.61. The van der Waals surface area contributed by atoms with Gasteiger partial charge in [-0.25, -0.2) is 13.6 Å². The fourth-order valence-electron chi connectivity index (χ4n) is 1.11. The van der Waals surface area contributed by atoms with Gasteiger partial charge in [-0.3, -0.25) is 0 Å². The zero-order valence-electron chi connectivity index (χ0n) is 8.59. The van der Waals surface area contributed by atoms with E-state index < -0.39 is 10.0 Å². The third kappa shape index (κ3) is 3.67. The van der Waals surface area contributed by atoms with Crippen molar-refractivity contribution in [3.8, 4) is 0 Å². The van der Waals surface area contributed by atoms with Gasteiger partial charge in [0.05, 0.1) is 4.90 Å². The second-order valence-corrected chi connectivity index (χ2v) is 5.84. The van der Waals surface area contributed by atoms with Crippen LogP contribution in [0.2, 0.25) is 0 Å². The lowest BCUT2D eigenvalue weighted by molar-refractivity contribution is 0.296. The zero-order chi connectivity index (χ0) is 12.2. The van der Waals surface area contributed by atoms with Crippen molar-refractivity contribution in [1.82, 2.24) is 0 Å². The summed E-state index contributed by atoms with van der Waals surface area (Å²) in [6, 6.07) is 4.59. The van der Waals surface area contributed by atoms with Crippen LogP contribution in [-0.2, 0) is 10.0 Å². The maximum atomic E-state index is 11.3. The molecule has 0 aromatic heterocycles. The molecule has 0 saturated heterocycles. The quantitative estimate of drug-likeness (QED) is 0.404. The van der Waals surface area contributed by atoms with E-state index in [1.165, 1.54) is 17.8 Å². The molecule has 0 radical (unpaired) electrons. The van der Waals surface area contributed by atoms with Crippen molar-refractivity contribution in [3.63, 3.8) is 0 Å². The summed E-state index contributed by atoms with van der Waals surface area (Å²) in [6.07, 6.45) is 0.596. The van der Waals surface area contributed by atoms with Gasteiger partial charge in [0.1, 0.15) is 0 Å². The molecule has 0 aliphatic rings. The van der Waals surface area contributed by atoms with Gasteiger partial charge in [-0.1, -0.05) is 0 Å². The SMILES string of the molecule is Nc1ccc(SCCCO)c(S(N)(=O)=O)c1. The van der Waals surface area contributed by atoms with Crippen LogP contribution in [0, 0.1) is 0 Å². The number of hydrogen-bond donors (Lipinski definition) is 3. The number of hydrogen-bond acceptors (Lipinski definition) is 5. The Hall–Kier alpha value is -0.760. The standard InChI is InChI=1S/C9H14N2O3S2/c10-7-2-3-8(15-5-1-4-12)9(6-7)16(11,13)14/h2-3,6,12H,1,4-5,10H2,(H2,11,13,14). The molecule has 0 amide bonds. The number of anilines is 1. The summed E-state index contributed by atoms with van der Waals surface area (Å²) in [6.45, 7) is 0.0761. The summed E-state index contributed by atoms with van der Waals surface area (Å²) >= 11 is 1.33. The third-order valence-electron chi connectivity index (χ3n) is 1.83. The Kier molecular flexibility index (Phi) is 4.60. The van der Waals surface area contributed by atoms with Crippen LogP contribution < -0.4 is 10.9 Å². The van der Waals surface area contributed by atoms with E-state index in [1.807, 2.05) is 0 Å². The van der Waals surface area contributed by atoms with Crippen molar-refractivity contribution in [3.05, 3.63) is 18.2 Å². The van der Waals surface area contributed by atoms with Crippen LogP contribution in [0.3, 0.4) is 0 Å². The molecule has 5 nitrogen and oxygen atoms in total. The van der Waals surface area contributed by atoms with Crippen LogP contribution in [0.25, 0.3) is 0 Å². The molecular weight excluding hydrogens is 248 g/mol. The minimum atomic E-state index is -3.76. The van der Waals surface area contributed by atoms with E-state index in [0.717, 1.165) is 0 Å². The van der Waals surface area contributed by atoms with E-state index in [1.54, 1.807) is 12.1 Å². The number of nitrogens with two attached hydrogens (primary N) is 2. The van der Waals surface area contributed by atoms with Gasteiger partial charge in [-0.2, -0.15) is 0 Å². The van der Waals surface area contributed by atoms with Crippen LogP contribution in [0.4, 0.5) is 5.69 Å². The lowest BCUT2D eigenvalue weighted by Gasteiger charge is -2.07. The average molecular weight is 262 g/mol. The summed E-state index contributed by atoms with van der Waals surface area (Å²) in [4.78, 5) is 0.598. The van der Waals surface area contributed by atoms with Crippen molar-refractivity contribution in [2.24, 2.45) is 5.14 Å². The Balaban J connectivity index is 2.99. The average Bonchev–Trinajstić information content (AvgIpc) is 2.19. The van der Waals surface area contributed by atoms with E-state index in [4.69, 9.17) is 16.0 Å². The molecule has 0 fully saturated rings. The van der Waals surface area contributed by atoms with Crippen molar-refractivity contribution in [2.75, 3.05) is 18.1 Å². The number of aliphatic hydroxyl groups is 1. The highest BCUT2D eigenvalue weighted by Crippen LogP contribution is 2.28. The molecule has 0 atom stereocenters. The predicted molar refractivity (Wildman–Crippen MR) is 64.7 cm³/mol. The molecule has 0 bridgehead atoms. The van der Waals surface area contributed by atoms with Crippen molar-refractivity contribution in [2.45, 2.75) is 16.2 Å². The van der Waals surface area contributed by atoms with E-state index in [9.17, 15) is 8.42 Å². The Bertz CT molecular complexity index is 460. The highest BCUT2D eigenvalue weighted by atomic mass is 32.2. The van der Waals surface area contributed by atoms with Crippen molar-refractivity contribution >= 4 is 27.5 Å². The van der Waals surface area contributed by atoms with Gasteiger partial charge in [0.25, 0.3) is 0 Å². The second-order valence-electron chi connectivity index (χ2n) is 3.18. The van der Waals surface area contributed by atoms with Crippen LogP contribution in [0.5, 0.6) is 0 Å². The highest BCUT2D eigenvalue weighted by Gasteiger charge is 2.14. The third-order valence-corrected chi connectivity index (χ3v) is 4.07. The van der Waals surface area contributed by atoms with Crippen molar-refractivity contribution in [1.29, 1.82) is 0 Å². The Morgan fingerprint density at radius 2 is 2.06 bits per heavy atom. The number of sulfonamides is 1. The fourth-order valence-corrected chi connectivity index (χ4v) is 3.15. The predicted octanol–water partition coefficient (Wildman–Crippen LogP) is 0.391. The smallest absolute Gasteiger partial charge is 0.239 e. The van der Waals surface area contributed by atoms with Gasteiger partial charge >= 0.3 is 0 Å². The highest BCUT2D eigenvalue weighted by molar-refractivity contribution is 8.00. The van der Waals surface area contributed by atoms with E-state index in [-0.39, 0.29) is 11.5 Å². The molecule has 1 aromatic carbocycles. The Morgan fingerprint density at radius 1 is 1.38 bits per heavy atom. The van der Waals surface area contributed by atoms with Crippen molar-refractivity contribution < 1.29 is 13.5 Å². The maximum Gasteiger partial charge on any atom is 0.239 e. The minimum Gasteiger partial charge on any atom is -0.399 e. The summed E-state index contributed by atoms with van der Waals surface area (Å²) in [5.41, 5.74) is 5.87. The molecule has 0 saturated carbocycles. The number of primary sulfonamides is 1. The molecule has 5 N–H and O–H groups in total. The molecule has 0 spiro atoms. The largest absolute Gasteiger partial charge is 0.399 e. The Morgan fingerprint density at radius 3 is 2.62 bits per heavy atom. The molecule has 1 rings (SSSR count). The first kappa shape index (κ1) is 13.3. The van der Waals surface area contributed by atoms with Gasteiger partial charge in [-0.15, -0.1) is 11.8 Å². The van der Waals surface area contributed by atoms with Gasteiger partial charge in [0.2, 0.25) is 10.0 Å². The minimum absolute atomic E-state index is 0.0374. The molecule has 7 heteroatoms. The number of rotatable bonds is 5. The number of aliphatic hydroxyl groups excluding tert-OH is 1. The maximum absolute atomic E-state index is 11.3. The topological polar surface area (TPSA) is 106 Å². The van der Waals surface area contributed by atoms with Gasteiger partial charge < -0.3 is 10.8 Å². The Labute approximate surface area is 98.9 Å². The molecule has 0 aliphatic heterocycles. The molecule has 1 aromatic rings. The van der Waals surface area contributed by atoms with Gasteiger partial charge in [0.15, 0.2) is 0 Å². The summed E-state index contributed by atoms with van der Waals surface area (Å²) in [7, 11) is -3.76. The van der Waals surface area contributed by atoms with Crippen LogP contribution >= 0.6 is 11.8 Å². The molecule has 0 unspecified atom stereocenters. The number of nitrogen functional groups attached to an aromatic ring is 1. The molecule has 16 heavy (non-hydrogen) atoms. The lowest BCUT2D eigenvalue weighted by atomic mass is 10.3. The molecular formula is C9H14N2O3S2. The van der Waals surface area contributed by atoms with Gasteiger partial charge in [-0.05, 0) is 24.6 Å². The summed E-state index contributed by atoms with van der Waals surface area (Å²) < 4.78 is 22.6. The van der Waals surface area contributed by atoms with E-state index >= 15 is 0 Å². The normalized spacial score (nSPS) is 11.6. The first-order chi connectivity index (χ1) is 7.45. The monoisotopic (exact) mass is 262 g/mol. The number of benzene rings is 1. The zero-order valence-corrected chi connectivity index (χ0v) is 10.2. The van der Waals surface area contributed by atoms with Crippen LogP contribution in [0.15, 0.2) is 28.0 Å².